The van der Waals surface area contributed by atoms with Crippen LogP contribution in [0.4, 0.5) is 0 Å². The summed E-state index contributed by atoms with van der Waals surface area (Å²) in [6.07, 6.45) is 4.73. The highest BCUT2D eigenvalue weighted by Crippen LogP contribution is 2.30. The molecule has 0 bridgehead atoms. The average molecular weight is 305 g/mol. The zero-order chi connectivity index (χ0) is 14.7. The van der Waals surface area contributed by atoms with Crippen LogP contribution in [-0.4, -0.2) is 25.2 Å². The van der Waals surface area contributed by atoms with Crippen LogP contribution in [0.25, 0.3) is 10.9 Å². The summed E-state index contributed by atoms with van der Waals surface area (Å²) >= 11 is 6.19. The molecule has 112 valence electrons. The van der Waals surface area contributed by atoms with Crippen molar-refractivity contribution in [3.63, 3.8) is 0 Å². The standard InChI is InChI=1S/C17H21ClN2O/c1-21-9-8-19-11-15-13-4-2-3-5-16(13)20-17-7-6-12(18)10-14(15)17/h6-7,10,19H,2-5,8-9,11H2,1H3. The Balaban J connectivity index is 2.01. The molecule has 1 heterocycles. The van der Waals surface area contributed by atoms with Crippen molar-refractivity contribution in [1.82, 2.24) is 10.3 Å². The van der Waals surface area contributed by atoms with E-state index in [0.29, 0.717) is 0 Å². The van der Waals surface area contributed by atoms with Gasteiger partial charge in [-0.25, -0.2) is 0 Å². The topological polar surface area (TPSA) is 34.1 Å². The van der Waals surface area contributed by atoms with E-state index in [-0.39, 0.29) is 0 Å². The number of rotatable bonds is 5. The van der Waals surface area contributed by atoms with E-state index < -0.39 is 0 Å². The number of pyridine rings is 1. The molecular formula is C17H21ClN2O. The maximum Gasteiger partial charge on any atom is 0.0709 e. The Hall–Kier alpha value is -1.16. The minimum absolute atomic E-state index is 0.728. The van der Waals surface area contributed by atoms with Crippen molar-refractivity contribution in [2.24, 2.45) is 0 Å². The third-order valence-electron chi connectivity index (χ3n) is 4.13. The molecule has 0 fully saturated rings. The fraction of sp³-hybridized carbons (Fsp3) is 0.471. The molecule has 1 aromatic carbocycles. The van der Waals surface area contributed by atoms with Gasteiger partial charge in [0.15, 0.2) is 0 Å². The van der Waals surface area contributed by atoms with Gasteiger partial charge >= 0.3 is 0 Å². The molecule has 0 amide bonds. The van der Waals surface area contributed by atoms with Crippen LogP contribution in [-0.2, 0) is 24.1 Å². The van der Waals surface area contributed by atoms with E-state index in [1.54, 1.807) is 7.11 Å². The second-order valence-corrected chi connectivity index (χ2v) is 5.99. The van der Waals surface area contributed by atoms with Gasteiger partial charge in [0.25, 0.3) is 0 Å². The molecule has 4 heteroatoms. The van der Waals surface area contributed by atoms with Crippen LogP contribution in [0.15, 0.2) is 18.2 Å². The summed E-state index contributed by atoms with van der Waals surface area (Å²) in [4.78, 5) is 4.85. The molecule has 1 aliphatic rings. The number of aryl methyl sites for hydroxylation is 1. The summed E-state index contributed by atoms with van der Waals surface area (Å²) in [6.45, 7) is 2.44. The first kappa shape index (κ1) is 14.8. The number of methoxy groups -OCH3 is 1. The number of hydrogen-bond donors (Lipinski definition) is 1. The van der Waals surface area contributed by atoms with Crippen LogP contribution in [0.3, 0.4) is 0 Å². The number of halogens is 1. The van der Waals surface area contributed by atoms with Gasteiger partial charge < -0.3 is 10.1 Å². The Labute approximate surface area is 130 Å². The highest BCUT2D eigenvalue weighted by atomic mass is 35.5. The molecule has 0 saturated carbocycles. The zero-order valence-electron chi connectivity index (χ0n) is 12.4. The van der Waals surface area contributed by atoms with E-state index in [4.69, 9.17) is 21.3 Å². The monoisotopic (exact) mass is 304 g/mol. The molecule has 3 rings (SSSR count). The molecule has 0 atom stereocenters. The minimum Gasteiger partial charge on any atom is -0.383 e. The van der Waals surface area contributed by atoms with Crippen LogP contribution in [0, 0.1) is 0 Å². The van der Waals surface area contributed by atoms with Crippen molar-refractivity contribution in [1.29, 1.82) is 0 Å². The summed E-state index contributed by atoms with van der Waals surface area (Å²) in [5.41, 5.74) is 5.14. The summed E-state index contributed by atoms with van der Waals surface area (Å²) in [5, 5.41) is 5.43. The van der Waals surface area contributed by atoms with Crippen molar-refractivity contribution in [2.75, 3.05) is 20.3 Å². The number of ether oxygens (including phenoxy) is 1. The Morgan fingerprint density at radius 2 is 2.14 bits per heavy atom. The summed E-state index contributed by atoms with van der Waals surface area (Å²) in [5.74, 6) is 0. The van der Waals surface area contributed by atoms with Gasteiger partial charge in [0.1, 0.15) is 0 Å². The van der Waals surface area contributed by atoms with Crippen molar-refractivity contribution in [2.45, 2.75) is 32.2 Å². The zero-order valence-corrected chi connectivity index (χ0v) is 13.2. The van der Waals surface area contributed by atoms with Gasteiger partial charge in [-0.15, -0.1) is 0 Å². The summed E-state index contributed by atoms with van der Waals surface area (Å²) < 4.78 is 5.10. The molecular weight excluding hydrogens is 284 g/mol. The van der Waals surface area contributed by atoms with Gasteiger partial charge in [-0.2, -0.15) is 0 Å². The van der Waals surface area contributed by atoms with Crippen LogP contribution in [0.5, 0.6) is 0 Å². The molecule has 0 saturated heterocycles. The molecule has 0 radical (unpaired) electrons. The number of fused-ring (bicyclic) bond motifs is 2. The van der Waals surface area contributed by atoms with E-state index in [1.807, 2.05) is 18.2 Å². The first-order chi connectivity index (χ1) is 10.3. The number of aromatic nitrogens is 1. The van der Waals surface area contributed by atoms with Gasteiger partial charge in [-0.05, 0) is 55.0 Å². The number of hydrogen-bond acceptors (Lipinski definition) is 3. The number of benzene rings is 1. The lowest BCUT2D eigenvalue weighted by molar-refractivity contribution is 0.199. The van der Waals surface area contributed by atoms with Crippen LogP contribution < -0.4 is 5.32 Å². The Bertz CT molecular complexity index is 642. The Kier molecular flexibility index (Phi) is 4.73. The van der Waals surface area contributed by atoms with E-state index in [9.17, 15) is 0 Å². The molecule has 1 aromatic heterocycles. The van der Waals surface area contributed by atoms with Crippen LogP contribution >= 0.6 is 11.6 Å². The van der Waals surface area contributed by atoms with E-state index in [0.717, 1.165) is 43.1 Å². The fourth-order valence-corrected chi connectivity index (χ4v) is 3.25. The van der Waals surface area contributed by atoms with E-state index in [1.165, 1.54) is 35.0 Å². The van der Waals surface area contributed by atoms with Crippen LogP contribution in [0.1, 0.15) is 29.7 Å². The minimum atomic E-state index is 0.728. The van der Waals surface area contributed by atoms with Crippen molar-refractivity contribution in [3.05, 3.63) is 40.0 Å². The molecule has 2 aromatic rings. The highest BCUT2D eigenvalue weighted by Gasteiger charge is 2.17. The lowest BCUT2D eigenvalue weighted by Gasteiger charge is -2.21. The summed E-state index contributed by atoms with van der Waals surface area (Å²) in [6, 6.07) is 6.01. The van der Waals surface area contributed by atoms with Gasteiger partial charge in [0.05, 0.1) is 12.1 Å². The van der Waals surface area contributed by atoms with Crippen molar-refractivity contribution >= 4 is 22.5 Å². The number of nitrogens with zero attached hydrogens (tertiary/aromatic N) is 1. The number of nitrogens with one attached hydrogen (secondary N) is 1. The Morgan fingerprint density at radius 1 is 1.29 bits per heavy atom. The van der Waals surface area contributed by atoms with E-state index in [2.05, 4.69) is 5.32 Å². The molecule has 1 N–H and O–H groups in total. The van der Waals surface area contributed by atoms with Gasteiger partial charge in [-0.3, -0.25) is 4.98 Å². The smallest absolute Gasteiger partial charge is 0.0709 e. The Morgan fingerprint density at radius 3 is 3.00 bits per heavy atom. The maximum absolute atomic E-state index is 6.19. The molecule has 1 aliphatic carbocycles. The quantitative estimate of drug-likeness (QED) is 0.859. The second kappa shape index (κ2) is 6.73. The van der Waals surface area contributed by atoms with E-state index >= 15 is 0 Å². The first-order valence-corrected chi connectivity index (χ1v) is 7.97. The molecule has 3 nitrogen and oxygen atoms in total. The predicted molar refractivity (Wildman–Crippen MR) is 87.0 cm³/mol. The third-order valence-corrected chi connectivity index (χ3v) is 4.36. The highest BCUT2D eigenvalue weighted by molar-refractivity contribution is 6.31. The molecule has 0 aliphatic heterocycles. The summed E-state index contributed by atoms with van der Waals surface area (Å²) in [7, 11) is 1.73. The molecule has 0 unspecified atom stereocenters. The SMILES string of the molecule is COCCNCc1c2c(nc3ccc(Cl)cc13)CCCC2. The normalized spacial score (nSPS) is 14.4. The largest absolute Gasteiger partial charge is 0.383 e. The molecule has 0 spiro atoms. The lowest BCUT2D eigenvalue weighted by Crippen LogP contribution is -2.21. The van der Waals surface area contributed by atoms with Gasteiger partial charge in [0, 0.05) is 36.3 Å². The van der Waals surface area contributed by atoms with Crippen molar-refractivity contribution in [3.8, 4) is 0 Å². The molecule has 21 heavy (non-hydrogen) atoms. The van der Waals surface area contributed by atoms with Crippen molar-refractivity contribution < 1.29 is 4.74 Å². The predicted octanol–water partition coefficient (Wildman–Crippen LogP) is 3.50. The fourth-order valence-electron chi connectivity index (χ4n) is 3.08. The average Bonchev–Trinajstić information content (AvgIpc) is 2.51. The van der Waals surface area contributed by atoms with Gasteiger partial charge in [0.2, 0.25) is 0 Å². The second-order valence-electron chi connectivity index (χ2n) is 5.55. The first-order valence-electron chi connectivity index (χ1n) is 7.59. The van der Waals surface area contributed by atoms with Crippen LogP contribution in [0.2, 0.25) is 5.02 Å². The third kappa shape index (κ3) is 3.20. The van der Waals surface area contributed by atoms with Gasteiger partial charge in [-0.1, -0.05) is 11.6 Å². The lowest BCUT2D eigenvalue weighted by atomic mass is 9.90. The maximum atomic E-state index is 6.19.